The maximum Gasteiger partial charge on any atom is 0.412 e. The Bertz CT molecular complexity index is 974. The van der Waals surface area contributed by atoms with E-state index in [-0.39, 0.29) is 0 Å². The van der Waals surface area contributed by atoms with Crippen molar-refractivity contribution in [2.24, 2.45) is 0 Å². The monoisotopic (exact) mass is 384 g/mol. The fourth-order valence-electron chi connectivity index (χ4n) is 2.69. The number of rotatable bonds is 5. The van der Waals surface area contributed by atoms with E-state index in [1.807, 2.05) is 24.3 Å². The molecule has 0 saturated heterocycles. The van der Waals surface area contributed by atoms with Crippen molar-refractivity contribution in [1.29, 1.82) is 0 Å². The zero-order chi connectivity index (χ0) is 20.3. The van der Waals surface area contributed by atoms with Gasteiger partial charge in [-0.15, -0.1) is 5.10 Å². The normalized spacial score (nSPS) is 11.3. The highest BCUT2D eigenvalue weighted by Gasteiger charge is 2.18. The number of nitrogens with one attached hydrogen (secondary N) is 1. The van der Waals surface area contributed by atoms with Crippen molar-refractivity contribution in [3.05, 3.63) is 42.1 Å². The van der Waals surface area contributed by atoms with Gasteiger partial charge in [-0.25, -0.2) is 14.5 Å². The Hall–Kier alpha value is -3.29. The number of ether oxygens (including phenoxy) is 3. The van der Waals surface area contributed by atoms with Crippen LogP contribution in [0.4, 0.5) is 10.5 Å². The summed E-state index contributed by atoms with van der Waals surface area (Å²) < 4.78 is 17.6. The van der Waals surface area contributed by atoms with Crippen LogP contribution in [0, 0.1) is 0 Å². The molecule has 28 heavy (non-hydrogen) atoms. The number of nitrogens with zero attached hydrogens (tertiary/aromatic N) is 3. The second-order valence-electron chi connectivity index (χ2n) is 7.24. The first-order valence-corrected chi connectivity index (χ1v) is 8.82. The number of aromatic nitrogens is 3. The van der Waals surface area contributed by atoms with E-state index < -0.39 is 11.7 Å². The van der Waals surface area contributed by atoms with Gasteiger partial charge in [-0.2, -0.15) is 0 Å². The minimum absolute atomic E-state index is 0.434. The van der Waals surface area contributed by atoms with Crippen molar-refractivity contribution < 1.29 is 19.0 Å². The van der Waals surface area contributed by atoms with Crippen LogP contribution in [0.5, 0.6) is 11.6 Å². The van der Waals surface area contributed by atoms with Crippen LogP contribution in [0.2, 0.25) is 0 Å². The first-order chi connectivity index (χ1) is 13.3. The predicted octanol–water partition coefficient (Wildman–Crippen LogP) is 3.84. The van der Waals surface area contributed by atoms with Crippen molar-refractivity contribution in [1.82, 2.24) is 14.8 Å². The lowest BCUT2D eigenvalue weighted by atomic mass is 10.2. The predicted molar refractivity (Wildman–Crippen MR) is 106 cm³/mol. The molecule has 0 fully saturated rings. The molecule has 0 bridgehead atoms. The van der Waals surface area contributed by atoms with Crippen LogP contribution in [-0.2, 0) is 11.3 Å². The minimum Gasteiger partial charge on any atom is -0.497 e. The van der Waals surface area contributed by atoms with Gasteiger partial charge in [0, 0.05) is 0 Å². The third kappa shape index (κ3) is 4.51. The van der Waals surface area contributed by atoms with E-state index in [1.54, 1.807) is 51.9 Å². The fourth-order valence-corrected chi connectivity index (χ4v) is 2.69. The van der Waals surface area contributed by atoms with Crippen molar-refractivity contribution >= 4 is 22.8 Å². The second kappa shape index (κ2) is 7.75. The lowest BCUT2D eigenvalue weighted by molar-refractivity contribution is 0.0636. The van der Waals surface area contributed by atoms with Crippen LogP contribution >= 0.6 is 0 Å². The van der Waals surface area contributed by atoms with E-state index in [0.717, 1.165) is 11.3 Å². The molecular formula is C20H24N4O4. The Morgan fingerprint density at radius 2 is 1.86 bits per heavy atom. The van der Waals surface area contributed by atoms with Crippen LogP contribution in [0.25, 0.3) is 11.0 Å². The quantitative estimate of drug-likeness (QED) is 0.719. The molecule has 1 amide bonds. The first kappa shape index (κ1) is 19.5. The maximum atomic E-state index is 12.0. The summed E-state index contributed by atoms with van der Waals surface area (Å²) in [4.78, 5) is 16.4. The highest BCUT2D eigenvalue weighted by molar-refractivity contribution is 5.90. The van der Waals surface area contributed by atoms with E-state index in [0.29, 0.717) is 29.1 Å². The average Bonchev–Trinajstić information content (AvgIpc) is 2.97. The standard InChI is InChI=1S/C20H24N4O4/c1-20(2,3)28-19(25)22-14-10-16-17(21-11-14)24(23-18(16)27-5)12-13-6-8-15(26-4)9-7-13/h6-11H,12H2,1-5H3,(H,22,25). The summed E-state index contributed by atoms with van der Waals surface area (Å²) in [6.07, 6.45) is 1.02. The lowest BCUT2D eigenvalue weighted by Crippen LogP contribution is -2.27. The van der Waals surface area contributed by atoms with Gasteiger partial charge in [-0.3, -0.25) is 5.32 Å². The Morgan fingerprint density at radius 1 is 1.14 bits per heavy atom. The molecule has 3 aromatic rings. The van der Waals surface area contributed by atoms with E-state index in [4.69, 9.17) is 14.2 Å². The van der Waals surface area contributed by atoms with Gasteiger partial charge in [0.15, 0.2) is 5.65 Å². The number of fused-ring (bicyclic) bond motifs is 1. The molecule has 8 nitrogen and oxygen atoms in total. The number of pyridine rings is 1. The SMILES string of the molecule is COc1ccc(Cn2nc(OC)c3cc(NC(=O)OC(C)(C)C)cnc32)cc1. The van der Waals surface area contributed by atoms with Crippen LogP contribution in [0.1, 0.15) is 26.3 Å². The molecule has 0 saturated carbocycles. The number of amides is 1. The molecule has 0 unspecified atom stereocenters. The van der Waals surface area contributed by atoms with Crippen LogP contribution in [-0.4, -0.2) is 40.7 Å². The Balaban J connectivity index is 1.86. The van der Waals surface area contributed by atoms with Gasteiger partial charge < -0.3 is 14.2 Å². The van der Waals surface area contributed by atoms with Crippen molar-refractivity contribution in [3.63, 3.8) is 0 Å². The van der Waals surface area contributed by atoms with Gasteiger partial charge in [0.05, 0.1) is 38.0 Å². The average molecular weight is 384 g/mol. The highest BCUT2D eigenvalue weighted by Crippen LogP contribution is 2.27. The molecule has 0 aliphatic heterocycles. The molecule has 0 aliphatic carbocycles. The molecule has 0 aliphatic rings. The maximum absolute atomic E-state index is 12.0. The Labute approximate surface area is 163 Å². The van der Waals surface area contributed by atoms with Crippen molar-refractivity contribution in [3.8, 4) is 11.6 Å². The number of hydrogen-bond acceptors (Lipinski definition) is 6. The van der Waals surface area contributed by atoms with E-state index >= 15 is 0 Å². The zero-order valence-electron chi connectivity index (χ0n) is 16.6. The van der Waals surface area contributed by atoms with Gasteiger partial charge in [0.25, 0.3) is 0 Å². The summed E-state index contributed by atoms with van der Waals surface area (Å²) in [5, 5.41) is 7.86. The van der Waals surface area contributed by atoms with E-state index in [1.165, 1.54) is 0 Å². The molecule has 1 aromatic carbocycles. The van der Waals surface area contributed by atoms with E-state index in [9.17, 15) is 4.79 Å². The molecule has 0 radical (unpaired) electrons. The van der Waals surface area contributed by atoms with Crippen molar-refractivity contribution in [2.45, 2.75) is 32.9 Å². The molecule has 148 valence electrons. The molecule has 1 N–H and O–H groups in total. The summed E-state index contributed by atoms with van der Waals surface area (Å²) in [5.74, 6) is 1.23. The van der Waals surface area contributed by atoms with Gasteiger partial charge in [-0.1, -0.05) is 12.1 Å². The summed E-state index contributed by atoms with van der Waals surface area (Å²) in [6, 6.07) is 9.50. The summed E-state index contributed by atoms with van der Waals surface area (Å²) in [7, 11) is 3.18. The molecule has 0 spiro atoms. The number of benzene rings is 1. The number of carbonyl (C=O) groups excluding carboxylic acids is 1. The first-order valence-electron chi connectivity index (χ1n) is 8.82. The zero-order valence-corrected chi connectivity index (χ0v) is 16.6. The Morgan fingerprint density at radius 3 is 2.46 bits per heavy atom. The molecule has 2 aromatic heterocycles. The number of carbonyl (C=O) groups is 1. The van der Waals surface area contributed by atoms with Crippen molar-refractivity contribution in [2.75, 3.05) is 19.5 Å². The third-order valence-corrected chi connectivity index (χ3v) is 3.88. The minimum atomic E-state index is -0.581. The molecule has 0 atom stereocenters. The third-order valence-electron chi connectivity index (χ3n) is 3.88. The molecular weight excluding hydrogens is 360 g/mol. The number of methoxy groups -OCH3 is 2. The van der Waals surface area contributed by atoms with E-state index in [2.05, 4.69) is 15.4 Å². The smallest absolute Gasteiger partial charge is 0.412 e. The lowest BCUT2D eigenvalue weighted by Gasteiger charge is -2.19. The molecule has 2 heterocycles. The number of anilines is 1. The largest absolute Gasteiger partial charge is 0.497 e. The Kier molecular flexibility index (Phi) is 5.39. The molecule has 8 heteroatoms. The van der Waals surface area contributed by atoms with Gasteiger partial charge in [-0.05, 0) is 44.5 Å². The highest BCUT2D eigenvalue weighted by atomic mass is 16.6. The van der Waals surface area contributed by atoms with Gasteiger partial charge >= 0.3 is 6.09 Å². The van der Waals surface area contributed by atoms with Crippen LogP contribution in [0.3, 0.4) is 0 Å². The summed E-state index contributed by atoms with van der Waals surface area (Å²) >= 11 is 0. The topological polar surface area (TPSA) is 87.5 Å². The van der Waals surface area contributed by atoms with Crippen LogP contribution in [0.15, 0.2) is 36.5 Å². The fraction of sp³-hybridized carbons (Fsp3) is 0.350. The second-order valence-corrected chi connectivity index (χ2v) is 7.24. The van der Waals surface area contributed by atoms with Crippen LogP contribution < -0.4 is 14.8 Å². The summed E-state index contributed by atoms with van der Waals surface area (Å²) in [5.41, 5.74) is 1.62. The molecule has 3 rings (SSSR count). The number of hydrogen-bond donors (Lipinski definition) is 1. The van der Waals surface area contributed by atoms with Gasteiger partial charge in [0.2, 0.25) is 5.88 Å². The summed E-state index contributed by atoms with van der Waals surface area (Å²) in [6.45, 7) is 5.94. The van der Waals surface area contributed by atoms with Gasteiger partial charge in [0.1, 0.15) is 11.4 Å².